The summed E-state index contributed by atoms with van der Waals surface area (Å²) < 4.78 is 0. The minimum absolute atomic E-state index is 0.0820. The number of nitro groups is 1. The summed E-state index contributed by atoms with van der Waals surface area (Å²) in [6.45, 7) is 6.10. The predicted molar refractivity (Wildman–Crippen MR) is 151 cm³/mol. The Morgan fingerprint density at radius 1 is 1.00 bits per heavy atom. The monoisotopic (exact) mass is 531 g/mol. The second kappa shape index (κ2) is 11.2. The van der Waals surface area contributed by atoms with Crippen LogP contribution >= 0.6 is 0 Å². The third kappa shape index (κ3) is 5.67. The van der Waals surface area contributed by atoms with Crippen molar-refractivity contribution in [2.45, 2.75) is 58.4 Å². The minimum atomic E-state index is -0.726. The number of anilines is 1. The molecule has 4 saturated carbocycles. The Bertz CT molecular complexity index is 1200. The average molecular weight is 532 g/mol. The molecule has 0 unspecified atom stereocenters. The normalized spacial score (nSPS) is 25.8. The molecule has 4 aliphatic rings. The van der Waals surface area contributed by atoms with Crippen LogP contribution in [0.5, 0.6) is 0 Å². The van der Waals surface area contributed by atoms with Gasteiger partial charge in [0.2, 0.25) is 0 Å². The summed E-state index contributed by atoms with van der Waals surface area (Å²) in [6, 6.07) is 12.8. The van der Waals surface area contributed by atoms with Crippen LogP contribution in [-0.4, -0.2) is 42.1 Å². The van der Waals surface area contributed by atoms with E-state index in [0.717, 1.165) is 43.6 Å². The molecule has 4 bridgehead atoms. The number of carbonyl (C=O) groups excluding carboxylic acids is 2. The Hall–Kier alpha value is -3.75. The maximum absolute atomic E-state index is 13.6. The molecule has 39 heavy (non-hydrogen) atoms. The second-order valence-corrected chi connectivity index (χ2v) is 11.5. The van der Waals surface area contributed by atoms with Crippen LogP contribution in [0.15, 0.2) is 53.6 Å². The minimum Gasteiger partial charge on any atom is -0.372 e. The van der Waals surface area contributed by atoms with Gasteiger partial charge in [-0.2, -0.15) is 5.10 Å². The van der Waals surface area contributed by atoms with Crippen LogP contribution < -0.4 is 15.6 Å². The quantitative estimate of drug-likeness (QED) is 0.257. The largest absolute Gasteiger partial charge is 0.372 e. The van der Waals surface area contributed by atoms with Gasteiger partial charge in [0.25, 0.3) is 17.5 Å². The Morgan fingerprint density at radius 2 is 1.56 bits per heavy atom. The highest BCUT2D eigenvalue weighted by atomic mass is 16.6. The number of amides is 2. The number of benzene rings is 2. The summed E-state index contributed by atoms with van der Waals surface area (Å²) in [4.78, 5) is 39.7. The van der Waals surface area contributed by atoms with E-state index in [2.05, 4.69) is 34.6 Å². The molecular formula is C30H37N5O4. The van der Waals surface area contributed by atoms with Crippen LogP contribution in [0.1, 0.15) is 68.3 Å². The molecule has 206 valence electrons. The van der Waals surface area contributed by atoms with Crippen LogP contribution in [0.3, 0.4) is 0 Å². The first-order valence-electron chi connectivity index (χ1n) is 14.0. The number of nitro benzene ring substituents is 1. The van der Waals surface area contributed by atoms with Crippen LogP contribution in [0, 0.1) is 33.3 Å². The average Bonchev–Trinajstić information content (AvgIpc) is 2.92. The fraction of sp³-hybridized carbons (Fsp3) is 0.500. The van der Waals surface area contributed by atoms with Gasteiger partial charge in [-0.15, -0.1) is 0 Å². The van der Waals surface area contributed by atoms with Crippen molar-refractivity contribution in [2.75, 3.05) is 18.0 Å². The van der Waals surface area contributed by atoms with Crippen molar-refractivity contribution < 1.29 is 14.5 Å². The predicted octanol–water partition coefficient (Wildman–Crippen LogP) is 4.91. The van der Waals surface area contributed by atoms with E-state index in [1.165, 1.54) is 43.5 Å². The summed E-state index contributed by atoms with van der Waals surface area (Å²) in [5, 5.41) is 18.3. The van der Waals surface area contributed by atoms with Gasteiger partial charge in [0, 0.05) is 41.9 Å². The highest BCUT2D eigenvalue weighted by Crippen LogP contribution is 2.61. The van der Waals surface area contributed by atoms with Gasteiger partial charge in [0.1, 0.15) is 6.04 Å². The number of hydrazone groups is 1. The lowest BCUT2D eigenvalue weighted by atomic mass is 9.47. The summed E-state index contributed by atoms with van der Waals surface area (Å²) in [5.74, 6) is 1.06. The highest BCUT2D eigenvalue weighted by Gasteiger charge is 2.56. The van der Waals surface area contributed by atoms with Crippen molar-refractivity contribution in [2.24, 2.45) is 28.3 Å². The molecule has 0 aliphatic heterocycles. The maximum atomic E-state index is 13.6. The maximum Gasteiger partial charge on any atom is 0.269 e. The molecule has 4 fully saturated rings. The number of hydrogen-bond acceptors (Lipinski definition) is 6. The molecule has 0 saturated heterocycles. The first-order chi connectivity index (χ1) is 18.8. The molecule has 9 nitrogen and oxygen atoms in total. The number of nitrogens with one attached hydrogen (secondary N) is 2. The van der Waals surface area contributed by atoms with E-state index in [1.54, 1.807) is 6.21 Å². The van der Waals surface area contributed by atoms with Crippen molar-refractivity contribution in [1.29, 1.82) is 0 Å². The van der Waals surface area contributed by atoms with Gasteiger partial charge in [-0.3, -0.25) is 19.7 Å². The Morgan fingerprint density at radius 3 is 2.08 bits per heavy atom. The smallest absolute Gasteiger partial charge is 0.269 e. The molecule has 0 spiro atoms. The van der Waals surface area contributed by atoms with Gasteiger partial charge < -0.3 is 10.2 Å². The van der Waals surface area contributed by atoms with Gasteiger partial charge in [-0.05, 0) is 100.0 Å². The van der Waals surface area contributed by atoms with Gasteiger partial charge in [0.15, 0.2) is 0 Å². The summed E-state index contributed by atoms with van der Waals surface area (Å²) in [5.41, 5.74) is 4.63. The molecule has 0 aromatic heterocycles. The lowest BCUT2D eigenvalue weighted by Gasteiger charge is -2.58. The molecule has 2 amide bonds. The molecule has 6 rings (SSSR count). The lowest BCUT2D eigenvalue weighted by molar-refractivity contribution is -0.384. The summed E-state index contributed by atoms with van der Waals surface area (Å²) in [7, 11) is 0. The highest BCUT2D eigenvalue weighted by molar-refractivity contribution is 5.98. The van der Waals surface area contributed by atoms with E-state index in [-0.39, 0.29) is 17.0 Å². The van der Waals surface area contributed by atoms with E-state index < -0.39 is 16.9 Å². The van der Waals surface area contributed by atoms with E-state index in [0.29, 0.717) is 23.3 Å². The Kier molecular flexibility index (Phi) is 7.68. The number of non-ortho nitro benzene ring substituents is 1. The van der Waals surface area contributed by atoms with Crippen molar-refractivity contribution >= 4 is 29.4 Å². The fourth-order valence-electron chi connectivity index (χ4n) is 7.57. The zero-order chi connectivity index (χ0) is 27.6. The Labute approximate surface area is 229 Å². The number of rotatable bonds is 10. The SMILES string of the molecule is CCN(CC)c1ccc(/C=N\NC(=O)[C@@H](NC(=O)c2ccc([N+](=O)[O-])cc2)C23CC4CC(CC(C4)C2)C3)cc1. The molecule has 4 aliphatic carbocycles. The number of nitrogens with zero attached hydrogens (tertiary/aromatic N) is 3. The lowest BCUT2D eigenvalue weighted by Crippen LogP contribution is -2.61. The van der Waals surface area contributed by atoms with Crippen molar-refractivity contribution in [3.05, 3.63) is 69.8 Å². The second-order valence-electron chi connectivity index (χ2n) is 11.5. The third-order valence-electron chi connectivity index (χ3n) is 8.99. The molecule has 0 radical (unpaired) electrons. The van der Waals surface area contributed by atoms with Crippen LogP contribution in [0.25, 0.3) is 0 Å². The summed E-state index contributed by atoms with van der Waals surface area (Å²) in [6.07, 6.45) is 8.04. The van der Waals surface area contributed by atoms with Gasteiger partial charge >= 0.3 is 0 Å². The zero-order valence-corrected chi connectivity index (χ0v) is 22.6. The number of carbonyl (C=O) groups is 2. The molecule has 1 atom stereocenters. The molecule has 2 N–H and O–H groups in total. The van der Waals surface area contributed by atoms with Crippen LogP contribution in [0.4, 0.5) is 11.4 Å². The van der Waals surface area contributed by atoms with E-state index in [4.69, 9.17) is 0 Å². The standard InChI is InChI=1S/C30H37N5O4/c1-3-34(4-2)25-9-5-20(6-10-25)19-31-33-29(37)27(30-16-21-13-22(17-30)15-23(14-21)18-30)32-28(36)24-7-11-26(12-8-24)35(38)39/h5-12,19,21-23,27H,3-4,13-18H2,1-2H3,(H,32,36)(H,33,37)/b31-19-/t21?,22?,23?,27-,30?/m1/s1. The first kappa shape index (κ1) is 26.8. The first-order valence-corrected chi connectivity index (χ1v) is 14.0. The molecular weight excluding hydrogens is 494 g/mol. The van der Waals surface area contributed by atoms with Crippen LogP contribution in [-0.2, 0) is 4.79 Å². The van der Waals surface area contributed by atoms with Crippen molar-refractivity contribution in [3.8, 4) is 0 Å². The molecule has 2 aromatic carbocycles. The topological polar surface area (TPSA) is 117 Å². The summed E-state index contributed by atoms with van der Waals surface area (Å²) >= 11 is 0. The van der Waals surface area contributed by atoms with Gasteiger partial charge in [-0.25, -0.2) is 5.43 Å². The van der Waals surface area contributed by atoms with E-state index in [9.17, 15) is 19.7 Å². The van der Waals surface area contributed by atoms with Crippen molar-refractivity contribution in [1.82, 2.24) is 10.7 Å². The Balaban J connectivity index is 1.33. The van der Waals surface area contributed by atoms with E-state index in [1.807, 2.05) is 24.3 Å². The van der Waals surface area contributed by atoms with E-state index >= 15 is 0 Å². The van der Waals surface area contributed by atoms with Crippen LogP contribution in [0.2, 0.25) is 0 Å². The van der Waals surface area contributed by atoms with Crippen molar-refractivity contribution in [3.63, 3.8) is 0 Å². The van der Waals surface area contributed by atoms with Gasteiger partial charge in [0.05, 0.1) is 11.1 Å². The number of hydrogen-bond donors (Lipinski definition) is 2. The molecule has 2 aromatic rings. The van der Waals surface area contributed by atoms with Gasteiger partial charge in [-0.1, -0.05) is 12.1 Å². The third-order valence-corrected chi connectivity index (χ3v) is 8.99. The zero-order valence-electron chi connectivity index (χ0n) is 22.6. The molecule has 9 heteroatoms. The fourth-order valence-corrected chi connectivity index (χ4v) is 7.57. The molecule has 0 heterocycles.